The summed E-state index contributed by atoms with van der Waals surface area (Å²) in [7, 11) is 0. The molecule has 0 aromatic heterocycles. The number of carboxylic acids is 1. The molecule has 2 rings (SSSR count). The first kappa shape index (κ1) is 14.9. The van der Waals surface area contributed by atoms with Crippen LogP contribution in [0.3, 0.4) is 0 Å². The maximum absolute atomic E-state index is 10.8. The molecule has 22 heavy (non-hydrogen) atoms. The molecule has 0 aliphatic carbocycles. The first-order valence-electron chi connectivity index (χ1n) is 6.21. The Morgan fingerprint density at radius 2 is 1.64 bits per heavy atom. The Morgan fingerprint density at radius 3 is 2.09 bits per heavy atom. The lowest BCUT2D eigenvalue weighted by molar-refractivity contribution is -0.384. The van der Waals surface area contributed by atoms with Crippen LogP contribution < -0.4 is 0 Å². The molecule has 0 radical (unpaired) electrons. The lowest BCUT2D eigenvalue weighted by Crippen LogP contribution is -1.95. The number of nitrogens with zero attached hydrogens (tertiary/aromatic N) is 2. The zero-order valence-electron chi connectivity index (χ0n) is 11.3. The van der Waals surface area contributed by atoms with E-state index in [1.807, 2.05) is 6.07 Å². The third kappa shape index (κ3) is 3.35. The van der Waals surface area contributed by atoms with Crippen LogP contribution in [0, 0.1) is 21.4 Å². The number of carboxylic acid groups (broad SMARTS) is 1. The average molecular weight is 294 g/mol. The minimum atomic E-state index is -1.02. The zero-order valence-corrected chi connectivity index (χ0v) is 11.3. The summed E-state index contributed by atoms with van der Waals surface area (Å²) in [6.07, 6.45) is 1.59. The van der Waals surface area contributed by atoms with Crippen molar-refractivity contribution >= 4 is 23.3 Å². The third-order valence-electron chi connectivity index (χ3n) is 2.98. The molecular weight excluding hydrogens is 284 g/mol. The Balaban J connectivity index is 2.32. The molecular formula is C16H10N2O4. The van der Waals surface area contributed by atoms with Gasteiger partial charge >= 0.3 is 5.97 Å². The fraction of sp³-hybridized carbons (Fsp3) is 0. The first-order chi connectivity index (χ1) is 10.5. The molecule has 2 aromatic carbocycles. The first-order valence-corrected chi connectivity index (χ1v) is 6.21. The van der Waals surface area contributed by atoms with Crippen molar-refractivity contribution in [2.24, 2.45) is 0 Å². The van der Waals surface area contributed by atoms with Gasteiger partial charge in [0, 0.05) is 12.1 Å². The molecule has 0 amide bonds. The van der Waals surface area contributed by atoms with Crippen LogP contribution >= 0.6 is 0 Å². The summed E-state index contributed by atoms with van der Waals surface area (Å²) in [5.41, 5.74) is 1.66. The van der Waals surface area contributed by atoms with Gasteiger partial charge in [-0.1, -0.05) is 12.1 Å². The molecule has 0 fully saturated rings. The van der Waals surface area contributed by atoms with E-state index in [1.54, 1.807) is 18.2 Å². The highest BCUT2D eigenvalue weighted by Crippen LogP contribution is 2.21. The number of nitro benzene ring substituents is 1. The highest BCUT2D eigenvalue weighted by Gasteiger charge is 2.07. The van der Waals surface area contributed by atoms with Gasteiger partial charge in [0.05, 0.1) is 22.1 Å². The molecule has 1 N–H and O–H groups in total. The van der Waals surface area contributed by atoms with Crippen molar-refractivity contribution in [2.45, 2.75) is 0 Å². The van der Waals surface area contributed by atoms with Gasteiger partial charge in [-0.2, -0.15) is 5.26 Å². The zero-order chi connectivity index (χ0) is 16.1. The molecule has 0 heterocycles. The summed E-state index contributed by atoms with van der Waals surface area (Å²) in [5, 5.41) is 28.7. The Kier molecular flexibility index (Phi) is 4.30. The van der Waals surface area contributed by atoms with E-state index in [9.17, 15) is 20.2 Å². The number of hydrogen-bond acceptors (Lipinski definition) is 4. The fourth-order valence-electron chi connectivity index (χ4n) is 1.83. The molecule has 6 heteroatoms. The van der Waals surface area contributed by atoms with Gasteiger partial charge < -0.3 is 5.11 Å². The average Bonchev–Trinajstić information content (AvgIpc) is 2.53. The SMILES string of the molecule is N#CC(=Cc1ccc(C(=O)O)cc1)c1ccc([N+](=O)[O-])cc1. The third-order valence-corrected chi connectivity index (χ3v) is 2.98. The van der Waals surface area contributed by atoms with Gasteiger partial charge in [-0.3, -0.25) is 10.1 Å². The molecule has 0 unspecified atom stereocenters. The van der Waals surface area contributed by atoms with Crippen LogP contribution in [0.15, 0.2) is 48.5 Å². The van der Waals surface area contributed by atoms with E-state index >= 15 is 0 Å². The molecule has 0 saturated carbocycles. The Bertz CT molecular complexity index is 784. The van der Waals surface area contributed by atoms with Crippen LogP contribution in [-0.2, 0) is 0 Å². The molecule has 0 aliphatic heterocycles. The smallest absolute Gasteiger partial charge is 0.335 e. The molecule has 0 aliphatic rings. The Hall–Kier alpha value is -3.46. The number of aromatic carboxylic acids is 1. The van der Waals surface area contributed by atoms with E-state index in [0.717, 1.165) is 0 Å². The quantitative estimate of drug-likeness (QED) is 0.403. The van der Waals surface area contributed by atoms with E-state index in [-0.39, 0.29) is 11.3 Å². The number of rotatable bonds is 4. The van der Waals surface area contributed by atoms with Crippen LogP contribution in [0.4, 0.5) is 5.69 Å². The van der Waals surface area contributed by atoms with E-state index in [4.69, 9.17) is 5.11 Å². The second kappa shape index (κ2) is 6.33. The van der Waals surface area contributed by atoms with Gasteiger partial charge in [0.1, 0.15) is 0 Å². The summed E-state index contributed by atoms with van der Waals surface area (Å²) < 4.78 is 0. The van der Waals surface area contributed by atoms with Gasteiger partial charge in [0.2, 0.25) is 0 Å². The van der Waals surface area contributed by atoms with Crippen molar-refractivity contribution in [1.29, 1.82) is 5.26 Å². The highest BCUT2D eigenvalue weighted by molar-refractivity contribution is 5.91. The Labute approximate surface area is 125 Å². The number of nitro groups is 1. The van der Waals surface area contributed by atoms with Crippen LogP contribution in [0.25, 0.3) is 11.6 Å². The summed E-state index contributed by atoms with van der Waals surface area (Å²) in [5.74, 6) is -1.02. The van der Waals surface area contributed by atoms with Crippen molar-refractivity contribution < 1.29 is 14.8 Å². The lowest BCUT2D eigenvalue weighted by atomic mass is 10.0. The van der Waals surface area contributed by atoms with Gasteiger partial charge in [0.25, 0.3) is 5.69 Å². The summed E-state index contributed by atoms with van der Waals surface area (Å²) >= 11 is 0. The van der Waals surface area contributed by atoms with Crippen LogP contribution in [0.1, 0.15) is 21.5 Å². The van der Waals surface area contributed by atoms with Crippen molar-refractivity contribution in [1.82, 2.24) is 0 Å². The van der Waals surface area contributed by atoms with Crippen LogP contribution in [0.2, 0.25) is 0 Å². The molecule has 108 valence electrons. The highest BCUT2D eigenvalue weighted by atomic mass is 16.6. The number of benzene rings is 2. The van der Waals surface area contributed by atoms with Crippen molar-refractivity contribution in [2.75, 3.05) is 0 Å². The monoisotopic (exact) mass is 294 g/mol. The fourth-order valence-corrected chi connectivity index (χ4v) is 1.83. The maximum Gasteiger partial charge on any atom is 0.335 e. The van der Waals surface area contributed by atoms with Crippen molar-refractivity contribution in [3.05, 3.63) is 75.3 Å². The topological polar surface area (TPSA) is 104 Å². The summed E-state index contributed by atoms with van der Waals surface area (Å²) in [4.78, 5) is 20.9. The van der Waals surface area contributed by atoms with Gasteiger partial charge in [-0.15, -0.1) is 0 Å². The van der Waals surface area contributed by atoms with E-state index in [1.165, 1.54) is 36.4 Å². The predicted molar refractivity (Wildman–Crippen MR) is 80.0 cm³/mol. The number of hydrogen-bond donors (Lipinski definition) is 1. The Morgan fingerprint density at radius 1 is 1.09 bits per heavy atom. The van der Waals surface area contributed by atoms with E-state index in [0.29, 0.717) is 16.7 Å². The van der Waals surface area contributed by atoms with Crippen LogP contribution in [-0.4, -0.2) is 16.0 Å². The summed E-state index contributed by atoms with van der Waals surface area (Å²) in [6.45, 7) is 0. The minimum absolute atomic E-state index is 0.0492. The van der Waals surface area contributed by atoms with Crippen molar-refractivity contribution in [3.63, 3.8) is 0 Å². The molecule has 0 bridgehead atoms. The molecule has 0 spiro atoms. The van der Waals surface area contributed by atoms with Gasteiger partial charge in [-0.05, 0) is 41.5 Å². The predicted octanol–water partition coefficient (Wildman–Crippen LogP) is 3.36. The lowest BCUT2D eigenvalue weighted by Gasteiger charge is -2.00. The largest absolute Gasteiger partial charge is 0.478 e. The van der Waals surface area contributed by atoms with Gasteiger partial charge in [-0.25, -0.2) is 4.79 Å². The second-order valence-corrected chi connectivity index (χ2v) is 4.40. The second-order valence-electron chi connectivity index (χ2n) is 4.40. The maximum atomic E-state index is 10.8. The van der Waals surface area contributed by atoms with E-state index < -0.39 is 10.9 Å². The molecule has 0 saturated heterocycles. The van der Waals surface area contributed by atoms with Gasteiger partial charge in [0.15, 0.2) is 0 Å². The number of carbonyl (C=O) groups is 1. The standard InChI is InChI=1S/C16H10N2O4/c17-10-14(12-5-7-15(8-6-12)18(21)22)9-11-1-3-13(4-2-11)16(19)20/h1-9H,(H,19,20). The van der Waals surface area contributed by atoms with Crippen LogP contribution in [0.5, 0.6) is 0 Å². The van der Waals surface area contributed by atoms with E-state index in [2.05, 4.69) is 0 Å². The number of allylic oxidation sites excluding steroid dienone is 1. The minimum Gasteiger partial charge on any atom is -0.478 e. The molecule has 6 nitrogen and oxygen atoms in total. The summed E-state index contributed by atoms with van der Waals surface area (Å²) in [6, 6.07) is 13.7. The molecule has 2 aromatic rings. The molecule has 0 atom stereocenters. The number of nitriles is 1. The normalized spacial score (nSPS) is 10.8. The number of non-ortho nitro benzene ring substituents is 1. The van der Waals surface area contributed by atoms with Crippen molar-refractivity contribution in [3.8, 4) is 6.07 Å².